The minimum absolute atomic E-state index is 0.222. The molecule has 9 heteroatoms. The molecule has 3 aromatic rings. The van der Waals surface area contributed by atoms with Gasteiger partial charge < -0.3 is 14.5 Å². The van der Waals surface area contributed by atoms with Crippen LogP contribution in [0.1, 0.15) is 5.56 Å². The van der Waals surface area contributed by atoms with E-state index in [-0.39, 0.29) is 6.09 Å². The average Bonchev–Trinajstić information content (AvgIpc) is 3.10. The van der Waals surface area contributed by atoms with Crippen LogP contribution in [0.25, 0.3) is 0 Å². The van der Waals surface area contributed by atoms with Gasteiger partial charge in [-0.05, 0) is 65.5 Å². The summed E-state index contributed by atoms with van der Waals surface area (Å²) in [5.41, 5.74) is 2.11. The van der Waals surface area contributed by atoms with E-state index in [0.29, 0.717) is 25.1 Å². The summed E-state index contributed by atoms with van der Waals surface area (Å²) in [6, 6.07) is 14.1. The molecule has 0 bridgehead atoms. The number of rotatable bonds is 3. The lowest BCUT2D eigenvalue weighted by Gasteiger charge is -2.45. The Morgan fingerprint density at radius 1 is 0.906 bits per heavy atom. The Morgan fingerprint density at radius 3 is 2.19 bits per heavy atom. The van der Waals surface area contributed by atoms with E-state index >= 15 is 0 Å². The van der Waals surface area contributed by atoms with E-state index in [9.17, 15) is 4.79 Å². The molecule has 0 spiro atoms. The summed E-state index contributed by atoms with van der Waals surface area (Å²) in [7, 11) is 0. The average molecular weight is 625 g/mol. The van der Waals surface area contributed by atoms with Gasteiger partial charge in [-0.3, -0.25) is 9.97 Å². The number of carbonyl (C=O) groups is 1. The Bertz CT molecular complexity index is 1050. The lowest BCUT2D eigenvalue weighted by Crippen LogP contribution is -2.55. The quantitative estimate of drug-likeness (QED) is 0.363. The highest BCUT2D eigenvalue weighted by atomic mass is 79.9. The zero-order valence-electron chi connectivity index (χ0n) is 17.1. The summed E-state index contributed by atoms with van der Waals surface area (Å²) in [5, 5.41) is 0. The molecule has 2 atom stereocenters. The van der Waals surface area contributed by atoms with Crippen molar-refractivity contribution in [1.29, 1.82) is 0 Å². The maximum atomic E-state index is 12.3. The second-order valence-electron chi connectivity index (χ2n) is 7.61. The number of carbonyl (C=O) groups excluding carboxylic acids is 1. The number of pyridine rings is 2. The minimum Gasteiger partial charge on any atom is -0.445 e. The number of likely N-dealkylation sites (tertiary alicyclic amines) is 1. The van der Waals surface area contributed by atoms with Crippen molar-refractivity contribution in [2.45, 2.75) is 12.6 Å². The van der Waals surface area contributed by atoms with E-state index in [4.69, 9.17) is 4.74 Å². The normalized spacial score (nSPS) is 18.8. The van der Waals surface area contributed by atoms with Crippen molar-refractivity contribution in [1.82, 2.24) is 14.9 Å². The summed E-state index contributed by atoms with van der Waals surface area (Å²) in [6.45, 7) is 2.77. The number of anilines is 1. The van der Waals surface area contributed by atoms with E-state index in [1.165, 1.54) is 0 Å². The number of benzene rings is 1. The molecule has 2 saturated heterocycles. The Labute approximate surface area is 212 Å². The molecule has 2 aliphatic heterocycles. The van der Waals surface area contributed by atoms with Gasteiger partial charge in [-0.2, -0.15) is 0 Å². The second kappa shape index (κ2) is 10.8. The molecule has 0 radical (unpaired) electrons. The van der Waals surface area contributed by atoms with Gasteiger partial charge in [0.15, 0.2) is 0 Å². The van der Waals surface area contributed by atoms with Crippen molar-refractivity contribution in [3.8, 4) is 0 Å². The number of hydrogen-bond acceptors (Lipinski definition) is 5. The van der Waals surface area contributed by atoms with Crippen LogP contribution < -0.4 is 4.90 Å². The molecule has 32 heavy (non-hydrogen) atoms. The summed E-state index contributed by atoms with van der Waals surface area (Å²) in [5.74, 6) is 0.522. The molecule has 166 valence electrons. The number of fused-ring (bicyclic) bond motifs is 1. The molecular weight excluding hydrogens is 604 g/mol. The number of halogens is 3. The highest BCUT2D eigenvalue weighted by molar-refractivity contribution is 9.11. The molecule has 2 aliphatic rings. The van der Waals surface area contributed by atoms with Crippen molar-refractivity contribution >= 4 is 59.6 Å². The number of amides is 1. The first kappa shape index (κ1) is 23.2. The number of hydrogen-bond donors (Lipinski definition) is 0. The van der Waals surface area contributed by atoms with Gasteiger partial charge in [0.1, 0.15) is 6.61 Å². The number of nitrogens with zero attached hydrogens (tertiary/aromatic N) is 4. The fourth-order valence-corrected chi connectivity index (χ4v) is 5.23. The largest absolute Gasteiger partial charge is 0.445 e. The van der Waals surface area contributed by atoms with Crippen molar-refractivity contribution in [3.05, 3.63) is 86.2 Å². The van der Waals surface area contributed by atoms with Crippen molar-refractivity contribution in [2.75, 3.05) is 24.5 Å². The predicted molar refractivity (Wildman–Crippen MR) is 134 cm³/mol. The van der Waals surface area contributed by atoms with Crippen molar-refractivity contribution < 1.29 is 9.53 Å². The standard InChI is InChI=1S/C18H18BrN3O2.C5H3Br2N/c19-15-6-16(8-20-7-15)22-10-14-9-21(11-17(14)22)18(23)24-12-13-4-2-1-3-5-13;6-4-1-5(7)3-8-2-4/h1-8,14,17H,9-12H2;1-3H/t14-,17-;/m1./s1. The van der Waals surface area contributed by atoms with Crippen LogP contribution >= 0.6 is 47.8 Å². The Morgan fingerprint density at radius 2 is 1.56 bits per heavy atom. The molecule has 6 nitrogen and oxygen atoms in total. The van der Waals surface area contributed by atoms with Gasteiger partial charge in [0.25, 0.3) is 0 Å². The molecule has 0 unspecified atom stereocenters. The van der Waals surface area contributed by atoms with Crippen LogP contribution in [0.3, 0.4) is 0 Å². The SMILES string of the molecule is Brc1cncc(Br)c1.O=C(OCc1ccccc1)N1C[C@@H]2CN(c3cncc(Br)c3)[C@@H]2C1. The molecule has 4 heterocycles. The summed E-state index contributed by atoms with van der Waals surface area (Å²) < 4.78 is 8.40. The van der Waals surface area contributed by atoms with Crippen molar-refractivity contribution in [2.24, 2.45) is 5.92 Å². The topological polar surface area (TPSA) is 58.6 Å². The first-order valence-corrected chi connectivity index (χ1v) is 12.5. The van der Waals surface area contributed by atoms with Crippen LogP contribution in [0.5, 0.6) is 0 Å². The third kappa shape index (κ3) is 5.88. The highest BCUT2D eigenvalue weighted by Crippen LogP contribution is 2.37. The molecular formula is C23H21Br3N4O2. The highest BCUT2D eigenvalue weighted by Gasteiger charge is 2.47. The molecule has 1 aromatic carbocycles. The van der Waals surface area contributed by atoms with E-state index < -0.39 is 0 Å². The number of aromatic nitrogens is 2. The molecule has 5 rings (SSSR count). The van der Waals surface area contributed by atoms with Gasteiger partial charge in [-0.25, -0.2) is 4.79 Å². The van der Waals surface area contributed by atoms with E-state index in [2.05, 4.69) is 68.7 Å². The maximum absolute atomic E-state index is 12.3. The zero-order chi connectivity index (χ0) is 22.5. The second-order valence-corrected chi connectivity index (χ2v) is 10.4. The van der Waals surface area contributed by atoms with Gasteiger partial charge in [-0.15, -0.1) is 0 Å². The predicted octanol–water partition coefficient (Wildman–Crippen LogP) is 5.91. The van der Waals surface area contributed by atoms with Crippen LogP contribution in [-0.2, 0) is 11.3 Å². The smallest absolute Gasteiger partial charge is 0.410 e. The molecule has 2 fully saturated rings. The first-order chi connectivity index (χ1) is 15.5. The van der Waals surface area contributed by atoms with Crippen LogP contribution in [0, 0.1) is 5.92 Å². The van der Waals surface area contributed by atoms with Gasteiger partial charge in [0, 0.05) is 57.6 Å². The fraction of sp³-hybridized carbons (Fsp3) is 0.261. The molecule has 2 aromatic heterocycles. The maximum Gasteiger partial charge on any atom is 0.410 e. The zero-order valence-corrected chi connectivity index (χ0v) is 21.8. The fourth-order valence-electron chi connectivity index (χ4n) is 3.84. The molecule has 0 aliphatic carbocycles. The van der Waals surface area contributed by atoms with Gasteiger partial charge in [0.05, 0.1) is 17.9 Å². The lowest BCUT2D eigenvalue weighted by atomic mass is 9.91. The van der Waals surface area contributed by atoms with E-state index in [1.807, 2.05) is 47.5 Å². The van der Waals surface area contributed by atoms with Crippen LogP contribution in [-0.4, -0.2) is 46.6 Å². The van der Waals surface area contributed by atoms with E-state index in [0.717, 1.165) is 37.8 Å². The van der Waals surface area contributed by atoms with Gasteiger partial charge in [-0.1, -0.05) is 30.3 Å². The summed E-state index contributed by atoms with van der Waals surface area (Å²) in [4.78, 5) is 24.6. The molecule has 0 N–H and O–H groups in total. The monoisotopic (exact) mass is 622 g/mol. The van der Waals surface area contributed by atoms with Crippen molar-refractivity contribution in [3.63, 3.8) is 0 Å². The molecule has 0 saturated carbocycles. The third-order valence-electron chi connectivity index (χ3n) is 5.39. The third-order valence-corrected chi connectivity index (χ3v) is 6.70. The Hall–Kier alpha value is -1.97. The molecule has 1 amide bonds. The summed E-state index contributed by atoms with van der Waals surface area (Å²) >= 11 is 10.00. The Kier molecular flexibility index (Phi) is 7.80. The lowest BCUT2D eigenvalue weighted by molar-refractivity contribution is 0.103. The van der Waals surface area contributed by atoms with Crippen LogP contribution in [0.2, 0.25) is 0 Å². The Balaban J connectivity index is 0.000000260. The van der Waals surface area contributed by atoms with Gasteiger partial charge in [0.2, 0.25) is 0 Å². The van der Waals surface area contributed by atoms with Gasteiger partial charge >= 0.3 is 6.09 Å². The van der Waals surface area contributed by atoms with Crippen LogP contribution in [0.15, 0.2) is 80.7 Å². The summed E-state index contributed by atoms with van der Waals surface area (Å²) in [6.07, 6.45) is 6.91. The van der Waals surface area contributed by atoms with Crippen LogP contribution in [0.4, 0.5) is 10.5 Å². The number of ether oxygens (including phenoxy) is 1. The van der Waals surface area contributed by atoms with E-state index in [1.54, 1.807) is 18.6 Å². The minimum atomic E-state index is -0.222. The first-order valence-electron chi connectivity index (χ1n) is 10.1.